The molecule has 2 aromatic carbocycles. The molecule has 2 amide bonds. The summed E-state index contributed by atoms with van der Waals surface area (Å²) in [7, 11) is 0. The Balaban J connectivity index is 1.55. The predicted octanol–water partition coefficient (Wildman–Crippen LogP) is 2.17. The van der Waals surface area contributed by atoms with Crippen molar-refractivity contribution >= 4 is 46.0 Å². The van der Waals surface area contributed by atoms with E-state index in [1.165, 1.54) is 10.9 Å². The van der Waals surface area contributed by atoms with Crippen LogP contribution in [0.1, 0.15) is 43.2 Å². The van der Waals surface area contributed by atoms with Crippen molar-refractivity contribution in [3.05, 3.63) is 41.2 Å². The number of benzene rings is 2. The standard InChI is InChI=1S/C24H25N3O4/c1-14-16-3-2-4-18-17(15-9-11-26(12-10-15)13-22(29)30)5-6-19(23(16)18)27(14)20-7-8-21(28)25-24(20)31/h2-6,15,20H,1,7-13H2,(H,29,30)(H,25,28,31). The third-order valence-electron chi connectivity index (χ3n) is 6.82. The molecule has 31 heavy (non-hydrogen) atoms. The minimum atomic E-state index is -0.782. The van der Waals surface area contributed by atoms with Gasteiger partial charge >= 0.3 is 5.97 Å². The van der Waals surface area contributed by atoms with Crippen LogP contribution in [0.15, 0.2) is 30.3 Å². The summed E-state index contributed by atoms with van der Waals surface area (Å²) in [6.07, 6.45) is 2.64. The molecule has 0 radical (unpaired) electrons. The first-order valence-corrected chi connectivity index (χ1v) is 10.8. The van der Waals surface area contributed by atoms with Crippen LogP contribution in [0.2, 0.25) is 0 Å². The number of nitrogens with zero attached hydrogens (tertiary/aromatic N) is 2. The molecule has 160 valence electrons. The number of carbonyl (C=O) groups excluding carboxylic acids is 2. The molecule has 1 atom stereocenters. The number of piperidine rings is 2. The summed E-state index contributed by atoms with van der Waals surface area (Å²) in [5.74, 6) is -0.908. The molecule has 7 nitrogen and oxygen atoms in total. The second-order valence-corrected chi connectivity index (χ2v) is 8.63. The van der Waals surface area contributed by atoms with E-state index in [9.17, 15) is 14.4 Å². The predicted molar refractivity (Wildman–Crippen MR) is 118 cm³/mol. The highest BCUT2D eigenvalue weighted by Gasteiger charge is 2.31. The number of imide groups is 1. The Bertz CT molecular complexity index is 1250. The van der Waals surface area contributed by atoms with E-state index in [-0.39, 0.29) is 18.4 Å². The molecule has 2 saturated heterocycles. The van der Waals surface area contributed by atoms with Gasteiger partial charge in [-0.3, -0.25) is 24.6 Å². The van der Waals surface area contributed by atoms with Crippen molar-refractivity contribution in [3.8, 4) is 0 Å². The van der Waals surface area contributed by atoms with E-state index >= 15 is 0 Å². The van der Waals surface area contributed by atoms with Gasteiger partial charge in [0.1, 0.15) is 6.04 Å². The monoisotopic (exact) mass is 419 g/mol. The highest BCUT2D eigenvalue weighted by molar-refractivity contribution is 6.12. The summed E-state index contributed by atoms with van der Waals surface area (Å²) in [5.41, 5.74) is 2.24. The van der Waals surface area contributed by atoms with Crippen molar-refractivity contribution in [1.29, 1.82) is 0 Å². The molecular formula is C24H25N3O4. The van der Waals surface area contributed by atoms with Gasteiger partial charge in [-0.15, -0.1) is 0 Å². The molecule has 2 aliphatic rings. The number of aliphatic carboxylic acids is 1. The second-order valence-electron chi connectivity index (χ2n) is 8.63. The number of likely N-dealkylation sites (tertiary alicyclic amines) is 1. The van der Waals surface area contributed by atoms with E-state index in [1.54, 1.807) is 0 Å². The van der Waals surface area contributed by atoms with E-state index in [1.807, 2.05) is 21.6 Å². The SMILES string of the molecule is C=c1c2cccc3c(C4CCN(CC(=O)O)CC4)ccc(c32)n1C1CCC(=O)NC1=O. The molecule has 3 aromatic rings. The lowest BCUT2D eigenvalue weighted by molar-refractivity contribution is -0.139. The molecule has 0 aliphatic carbocycles. The van der Waals surface area contributed by atoms with E-state index in [0.717, 1.165) is 47.6 Å². The quantitative estimate of drug-likeness (QED) is 0.633. The van der Waals surface area contributed by atoms with Crippen molar-refractivity contribution < 1.29 is 19.5 Å². The summed E-state index contributed by atoms with van der Waals surface area (Å²) < 4.78 is 1.98. The fourth-order valence-corrected chi connectivity index (χ4v) is 5.36. The molecule has 7 heteroatoms. The Hall–Kier alpha value is -3.19. The van der Waals surface area contributed by atoms with Crippen molar-refractivity contribution in [3.63, 3.8) is 0 Å². The van der Waals surface area contributed by atoms with Gasteiger partial charge in [-0.05, 0) is 55.3 Å². The fourth-order valence-electron chi connectivity index (χ4n) is 5.36. The molecular weight excluding hydrogens is 394 g/mol. The van der Waals surface area contributed by atoms with E-state index in [2.05, 4.69) is 30.1 Å². The van der Waals surface area contributed by atoms with Crippen molar-refractivity contribution in [2.45, 2.75) is 37.6 Å². The Morgan fingerprint density at radius 2 is 1.84 bits per heavy atom. The van der Waals surface area contributed by atoms with Crippen molar-refractivity contribution in [2.75, 3.05) is 19.6 Å². The minimum Gasteiger partial charge on any atom is -0.480 e. The van der Waals surface area contributed by atoms with Gasteiger partial charge in [-0.2, -0.15) is 0 Å². The van der Waals surface area contributed by atoms with Crippen molar-refractivity contribution in [2.24, 2.45) is 0 Å². The lowest BCUT2D eigenvalue weighted by Gasteiger charge is -2.31. The lowest BCUT2D eigenvalue weighted by atomic mass is 9.86. The first kappa shape index (κ1) is 19.8. The fraction of sp³-hybridized carbons (Fsp3) is 0.375. The highest BCUT2D eigenvalue weighted by atomic mass is 16.4. The Kier molecular flexibility index (Phi) is 4.78. The van der Waals surface area contributed by atoms with Crippen LogP contribution in [-0.4, -0.2) is 52.0 Å². The molecule has 2 aliphatic heterocycles. The topological polar surface area (TPSA) is 91.6 Å². The van der Waals surface area contributed by atoms with E-state index in [4.69, 9.17) is 5.11 Å². The Morgan fingerprint density at radius 3 is 2.55 bits per heavy atom. The summed E-state index contributed by atoms with van der Waals surface area (Å²) in [4.78, 5) is 37.2. The third-order valence-corrected chi connectivity index (χ3v) is 6.82. The van der Waals surface area contributed by atoms with Gasteiger partial charge in [-0.25, -0.2) is 0 Å². The average Bonchev–Trinajstić information content (AvgIpc) is 3.02. The van der Waals surface area contributed by atoms with Gasteiger partial charge in [-0.1, -0.05) is 30.8 Å². The smallest absolute Gasteiger partial charge is 0.317 e. The molecule has 3 heterocycles. The van der Waals surface area contributed by atoms with Crippen LogP contribution in [0.4, 0.5) is 0 Å². The molecule has 5 rings (SSSR count). The number of amides is 2. The van der Waals surface area contributed by atoms with Crippen LogP contribution in [0.5, 0.6) is 0 Å². The van der Waals surface area contributed by atoms with Crippen molar-refractivity contribution in [1.82, 2.24) is 14.8 Å². The first-order valence-electron chi connectivity index (χ1n) is 10.8. The largest absolute Gasteiger partial charge is 0.480 e. The van der Waals surface area contributed by atoms with E-state index in [0.29, 0.717) is 18.8 Å². The summed E-state index contributed by atoms with van der Waals surface area (Å²) >= 11 is 0. The molecule has 2 fully saturated rings. The number of hydrogen-bond acceptors (Lipinski definition) is 4. The first-order chi connectivity index (χ1) is 14.9. The zero-order valence-electron chi connectivity index (χ0n) is 17.3. The molecule has 0 spiro atoms. The van der Waals surface area contributed by atoms with Gasteiger partial charge in [0.05, 0.1) is 12.1 Å². The highest BCUT2D eigenvalue weighted by Crippen LogP contribution is 2.37. The van der Waals surface area contributed by atoms with Gasteiger partial charge in [0, 0.05) is 22.5 Å². The number of rotatable bonds is 4. The molecule has 0 bridgehead atoms. The number of carboxylic acids is 1. The molecule has 1 unspecified atom stereocenters. The maximum Gasteiger partial charge on any atom is 0.317 e. The number of hydrogen-bond donors (Lipinski definition) is 2. The molecule has 2 N–H and O–H groups in total. The maximum atomic E-state index is 12.6. The summed E-state index contributed by atoms with van der Waals surface area (Å²) in [6, 6.07) is 9.99. The van der Waals surface area contributed by atoms with Gasteiger partial charge in [0.2, 0.25) is 11.8 Å². The normalized spacial score (nSPS) is 21.1. The van der Waals surface area contributed by atoms with Crippen LogP contribution in [0.25, 0.3) is 28.3 Å². The van der Waals surface area contributed by atoms with Crippen LogP contribution >= 0.6 is 0 Å². The Labute approximate surface area is 179 Å². The summed E-state index contributed by atoms with van der Waals surface area (Å²) in [6.45, 7) is 5.92. The van der Waals surface area contributed by atoms with Crippen LogP contribution in [0, 0.1) is 0 Å². The third kappa shape index (κ3) is 3.29. The van der Waals surface area contributed by atoms with Crippen LogP contribution in [0.3, 0.4) is 0 Å². The molecule has 0 saturated carbocycles. The molecule has 1 aromatic heterocycles. The number of aromatic nitrogens is 1. The van der Waals surface area contributed by atoms with Crippen LogP contribution < -0.4 is 10.7 Å². The lowest BCUT2D eigenvalue weighted by Crippen LogP contribution is -2.43. The zero-order chi connectivity index (χ0) is 21.7. The van der Waals surface area contributed by atoms with Gasteiger partial charge in [0.15, 0.2) is 0 Å². The van der Waals surface area contributed by atoms with Gasteiger partial charge in [0.25, 0.3) is 0 Å². The Morgan fingerprint density at radius 1 is 1.10 bits per heavy atom. The van der Waals surface area contributed by atoms with Crippen LogP contribution in [-0.2, 0) is 14.4 Å². The maximum absolute atomic E-state index is 12.6. The second kappa shape index (κ2) is 7.50. The number of nitrogens with one attached hydrogen (secondary N) is 1. The average molecular weight is 419 g/mol. The van der Waals surface area contributed by atoms with Gasteiger partial charge < -0.3 is 9.67 Å². The summed E-state index contributed by atoms with van der Waals surface area (Å²) in [5, 5.41) is 15.6. The van der Waals surface area contributed by atoms with E-state index < -0.39 is 12.0 Å². The minimum absolute atomic E-state index is 0.0945. The number of carbonyl (C=O) groups is 3. The number of carboxylic acid groups (broad SMARTS) is 1. The zero-order valence-corrected chi connectivity index (χ0v) is 17.3.